The van der Waals surface area contributed by atoms with Crippen molar-refractivity contribution in [3.05, 3.63) is 54.1 Å². The normalized spacial score (nSPS) is 20.0. The number of esters is 1. The first-order valence-electron chi connectivity index (χ1n) is 19.6. The molecular formula is C43H53F2N5O7. The number of amides is 1. The summed E-state index contributed by atoms with van der Waals surface area (Å²) in [7, 11) is 4.90. The summed E-state index contributed by atoms with van der Waals surface area (Å²) in [5.74, 6) is -1.12. The van der Waals surface area contributed by atoms with Gasteiger partial charge in [0, 0.05) is 44.0 Å². The van der Waals surface area contributed by atoms with Gasteiger partial charge in [-0.1, -0.05) is 24.3 Å². The zero-order valence-electron chi connectivity index (χ0n) is 34.0. The first kappa shape index (κ1) is 40.4. The quantitative estimate of drug-likeness (QED) is 0.0924. The van der Waals surface area contributed by atoms with Gasteiger partial charge in [0.1, 0.15) is 28.5 Å². The average Bonchev–Trinajstić information content (AvgIpc) is 3.88. The molecule has 0 radical (unpaired) electrons. The maximum Gasteiger partial charge on any atom is 0.411 e. The van der Waals surface area contributed by atoms with Gasteiger partial charge >= 0.3 is 18.1 Å². The molecule has 14 heteroatoms. The molecule has 3 aliphatic rings. The summed E-state index contributed by atoms with van der Waals surface area (Å²) in [6.45, 7) is 10.0. The molecule has 0 unspecified atom stereocenters. The minimum Gasteiger partial charge on any atom is -0.469 e. The van der Waals surface area contributed by atoms with E-state index in [1.807, 2.05) is 68.8 Å². The number of fused-ring (bicyclic) bond motifs is 4. The summed E-state index contributed by atoms with van der Waals surface area (Å²) >= 11 is 0. The molecule has 306 valence electrons. The van der Waals surface area contributed by atoms with Crippen molar-refractivity contribution in [2.24, 2.45) is 5.41 Å². The number of rotatable bonds is 14. The summed E-state index contributed by atoms with van der Waals surface area (Å²) in [4.78, 5) is 40.7. The number of hydrogen-bond acceptors (Lipinski definition) is 11. The molecule has 3 heterocycles. The number of aromatic nitrogens is 2. The Morgan fingerprint density at radius 1 is 1.02 bits per heavy atom. The smallest absolute Gasteiger partial charge is 0.411 e. The molecule has 1 aromatic heterocycles. The van der Waals surface area contributed by atoms with Crippen LogP contribution in [0.3, 0.4) is 0 Å². The number of halogens is 2. The lowest BCUT2D eigenvalue weighted by Gasteiger charge is -2.47. The SMILES string of the molecule is COCOc1cc(-c2c(F)cc3c(N4C[C@H]5CC[C@@](C)(C4)N5C(=O)OC(C)(C)C)nc(OCC4(CN(C)CCCC(=O)OC)CC4)nc3c2F)c2ccccc2c1. The lowest BCUT2D eigenvalue weighted by atomic mass is 9.95. The minimum atomic E-state index is -0.847. The molecule has 2 bridgehead atoms. The van der Waals surface area contributed by atoms with Gasteiger partial charge in [-0.05, 0) is 108 Å². The Kier molecular flexibility index (Phi) is 11.2. The van der Waals surface area contributed by atoms with Crippen LogP contribution in [0.4, 0.5) is 19.4 Å². The predicted octanol–water partition coefficient (Wildman–Crippen LogP) is 7.73. The van der Waals surface area contributed by atoms with Crippen LogP contribution in [0.2, 0.25) is 0 Å². The zero-order valence-corrected chi connectivity index (χ0v) is 34.0. The van der Waals surface area contributed by atoms with Crippen molar-refractivity contribution < 1.29 is 42.1 Å². The molecule has 0 N–H and O–H groups in total. The van der Waals surface area contributed by atoms with Gasteiger partial charge in [0.2, 0.25) is 0 Å². The molecule has 1 saturated carbocycles. The number of hydrogen-bond donors (Lipinski definition) is 0. The third kappa shape index (κ3) is 8.57. The van der Waals surface area contributed by atoms with Crippen molar-refractivity contribution in [2.45, 2.75) is 83.4 Å². The molecule has 2 atom stereocenters. The van der Waals surface area contributed by atoms with E-state index in [4.69, 9.17) is 28.7 Å². The molecule has 2 saturated heterocycles. The summed E-state index contributed by atoms with van der Waals surface area (Å²) in [5, 5.41) is 1.58. The third-order valence-electron chi connectivity index (χ3n) is 11.3. The molecule has 4 aromatic rings. The summed E-state index contributed by atoms with van der Waals surface area (Å²) in [6, 6.07) is 11.9. The highest BCUT2D eigenvalue weighted by atomic mass is 19.1. The first-order chi connectivity index (χ1) is 27.1. The third-order valence-corrected chi connectivity index (χ3v) is 11.3. The molecule has 7 rings (SSSR count). The molecular weight excluding hydrogens is 736 g/mol. The fraction of sp³-hybridized carbons (Fsp3) is 0.535. The van der Waals surface area contributed by atoms with Crippen LogP contribution in [0.15, 0.2) is 42.5 Å². The molecule has 2 aliphatic heterocycles. The van der Waals surface area contributed by atoms with E-state index in [9.17, 15) is 9.59 Å². The lowest BCUT2D eigenvalue weighted by molar-refractivity contribution is -0.140. The maximum atomic E-state index is 17.3. The van der Waals surface area contributed by atoms with Crippen LogP contribution in [0.5, 0.6) is 11.8 Å². The van der Waals surface area contributed by atoms with Crippen LogP contribution in [0.1, 0.15) is 66.2 Å². The second-order valence-corrected chi connectivity index (χ2v) is 17.1. The van der Waals surface area contributed by atoms with Gasteiger partial charge in [0.25, 0.3) is 0 Å². The highest BCUT2D eigenvalue weighted by Gasteiger charge is 2.52. The van der Waals surface area contributed by atoms with Gasteiger partial charge in [-0.3, -0.25) is 9.69 Å². The molecule has 12 nitrogen and oxygen atoms in total. The monoisotopic (exact) mass is 789 g/mol. The van der Waals surface area contributed by atoms with Crippen molar-refractivity contribution in [1.29, 1.82) is 0 Å². The van der Waals surface area contributed by atoms with E-state index in [0.717, 1.165) is 37.6 Å². The molecule has 1 aliphatic carbocycles. The molecule has 3 fully saturated rings. The van der Waals surface area contributed by atoms with Crippen LogP contribution >= 0.6 is 0 Å². The molecule has 3 aromatic carbocycles. The first-order valence-corrected chi connectivity index (χ1v) is 19.6. The van der Waals surface area contributed by atoms with Crippen LogP contribution < -0.4 is 14.4 Å². The molecule has 1 amide bonds. The Hall–Kier alpha value is -4.82. The van der Waals surface area contributed by atoms with E-state index in [2.05, 4.69) is 9.88 Å². The van der Waals surface area contributed by atoms with Crippen molar-refractivity contribution in [3.63, 3.8) is 0 Å². The van der Waals surface area contributed by atoms with Crippen LogP contribution in [-0.4, -0.2) is 110 Å². The van der Waals surface area contributed by atoms with Crippen molar-refractivity contribution in [1.82, 2.24) is 19.8 Å². The Morgan fingerprint density at radius 2 is 1.79 bits per heavy atom. The van der Waals surface area contributed by atoms with E-state index < -0.39 is 22.8 Å². The topological polar surface area (TPSA) is 116 Å². The van der Waals surface area contributed by atoms with E-state index >= 15 is 8.78 Å². The van der Waals surface area contributed by atoms with Gasteiger partial charge in [-0.2, -0.15) is 9.97 Å². The summed E-state index contributed by atoms with van der Waals surface area (Å²) in [5.41, 5.74) is -1.44. The van der Waals surface area contributed by atoms with Crippen LogP contribution in [-0.2, 0) is 19.0 Å². The summed E-state index contributed by atoms with van der Waals surface area (Å²) < 4.78 is 61.8. The number of ether oxygens (including phenoxy) is 5. The second kappa shape index (κ2) is 15.8. The standard InChI is InChI=1S/C43H53F2N5O7/c1-41(2,3)57-40(52)50-28-14-15-42(50,4)23-49(22-28)38-32-21-33(44)35(31-20-29(56-26-53-6)19-27-11-8-9-12-30(27)31)36(45)37(32)46-39(47-38)55-25-43(16-17-43)24-48(5)18-10-13-34(51)54-7/h8-9,11-12,19-21,28H,10,13-18,22-26H2,1-7H3/t28-,42+/m1/s1. The Morgan fingerprint density at radius 3 is 2.49 bits per heavy atom. The largest absolute Gasteiger partial charge is 0.469 e. The van der Waals surface area contributed by atoms with Crippen molar-refractivity contribution >= 4 is 39.6 Å². The average molecular weight is 790 g/mol. The van der Waals surface area contributed by atoms with Gasteiger partial charge < -0.3 is 33.5 Å². The van der Waals surface area contributed by atoms with Gasteiger partial charge in [-0.15, -0.1) is 0 Å². The minimum absolute atomic E-state index is 0.0114. The Bertz CT molecular complexity index is 2160. The number of piperazine rings is 1. The van der Waals surface area contributed by atoms with Crippen molar-refractivity contribution in [2.75, 3.05) is 65.7 Å². The number of carbonyl (C=O) groups is 2. The number of benzene rings is 3. The Balaban J connectivity index is 1.27. The van der Waals surface area contributed by atoms with Gasteiger partial charge in [0.05, 0.1) is 30.9 Å². The number of anilines is 1. The zero-order chi connectivity index (χ0) is 40.7. The fourth-order valence-corrected chi connectivity index (χ4v) is 8.47. The Labute approximate surface area is 332 Å². The lowest BCUT2D eigenvalue weighted by Crippen LogP contribution is -2.63. The van der Waals surface area contributed by atoms with Crippen molar-refractivity contribution in [3.8, 4) is 22.9 Å². The highest BCUT2D eigenvalue weighted by molar-refractivity contribution is 6.01. The predicted molar refractivity (Wildman–Crippen MR) is 213 cm³/mol. The number of nitrogens with zero attached hydrogens (tertiary/aromatic N) is 5. The van der Waals surface area contributed by atoms with E-state index in [0.29, 0.717) is 61.6 Å². The van der Waals surface area contributed by atoms with Crippen LogP contribution in [0, 0.1) is 17.0 Å². The highest BCUT2D eigenvalue weighted by Crippen LogP contribution is 2.47. The molecule has 0 spiro atoms. The van der Waals surface area contributed by atoms with E-state index in [1.165, 1.54) is 20.3 Å². The fourth-order valence-electron chi connectivity index (χ4n) is 8.47. The van der Waals surface area contributed by atoms with E-state index in [1.54, 1.807) is 12.1 Å². The maximum absolute atomic E-state index is 17.3. The van der Waals surface area contributed by atoms with Gasteiger partial charge in [0.15, 0.2) is 12.6 Å². The number of carbonyl (C=O) groups excluding carboxylic acids is 2. The second-order valence-electron chi connectivity index (χ2n) is 17.1. The molecule has 57 heavy (non-hydrogen) atoms. The summed E-state index contributed by atoms with van der Waals surface area (Å²) in [6.07, 6.45) is 3.98. The van der Waals surface area contributed by atoms with Gasteiger partial charge in [-0.25, -0.2) is 13.6 Å². The number of methoxy groups -OCH3 is 2. The van der Waals surface area contributed by atoms with Crippen LogP contribution in [0.25, 0.3) is 32.8 Å². The van der Waals surface area contributed by atoms with E-state index in [-0.39, 0.29) is 52.8 Å².